The second-order valence-electron chi connectivity index (χ2n) is 5.46. The lowest BCUT2D eigenvalue weighted by atomic mass is 9.76. The topological polar surface area (TPSA) is 53.4 Å². The van der Waals surface area contributed by atoms with Gasteiger partial charge in [0, 0.05) is 4.88 Å². The van der Waals surface area contributed by atoms with Gasteiger partial charge in [-0.05, 0) is 46.2 Å². The van der Waals surface area contributed by atoms with Crippen molar-refractivity contribution in [2.45, 2.75) is 46.6 Å². The predicted molar refractivity (Wildman–Crippen MR) is 76.5 cm³/mol. The summed E-state index contributed by atoms with van der Waals surface area (Å²) in [5, 5.41) is 10.5. The van der Waals surface area contributed by atoms with Crippen molar-refractivity contribution in [1.82, 2.24) is 9.88 Å². The molecule has 4 nitrogen and oxygen atoms in total. The number of thiazole rings is 1. The van der Waals surface area contributed by atoms with Gasteiger partial charge in [-0.15, -0.1) is 11.3 Å². The fraction of sp³-hybridized carbons (Fsp3) is 0.714. The van der Waals surface area contributed by atoms with Crippen LogP contribution in [0.15, 0.2) is 0 Å². The smallest absolute Gasteiger partial charge is 0.309 e. The highest BCUT2D eigenvalue weighted by molar-refractivity contribution is 7.11. The number of rotatable bonds is 4. The molecule has 19 heavy (non-hydrogen) atoms. The van der Waals surface area contributed by atoms with Gasteiger partial charge in [0.05, 0.1) is 17.7 Å². The highest BCUT2D eigenvalue weighted by Crippen LogP contribution is 2.35. The molecular weight excluding hydrogens is 260 g/mol. The van der Waals surface area contributed by atoms with Crippen LogP contribution in [0.3, 0.4) is 0 Å². The lowest BCUT2D eigenvalue weighted by molar-refractivity contribution is -0.152. The Morgan fingerprint density at radius 1 is 1.42 bits per heavy atom. The Morgan fingerprint density at radius 3 is 2.47 bits per heavy atom. The number of hydrogen-bond donors (Lipinski definition) is 1. The summed E-state index contributed by atoms with van der Waals surface area (Å²) in [6.07, 6.45) is 2.23. The largest absolute Gasteiger partial charge is 0.481 e. The fourth-order valence-corrected chi connectivity index (χ4v) is 3.63. The van der Waals surface area contributed by atoms with Crippen molar-refractivity contribution in [2.75, 3.05) is 13.1 Å². The Hall–Kier alpha value is -0.940. The van der Waals surface area contributed by atoms with Crippen LogP contribution in [0, 0.1) is 19.3 Å². The Morgan fingerprint density at radius 2 is 2.05 bits per heavy atom. The third-order valence-corrected chi connectivity index (χ3v) is 5.43. The standard InChI is InChI=1S/C14H22N2O2S/c1-4-14(13(17)18)5-7-16(8-6-14)9-12-15-10(2)11(3)19-12/h4-9H2,1-3H3,(H,17,18). The number of aromatic nitrogens is 1. The molecule has 0 atom stereocenters. The van der Waals surface area contributed by atoms with Crippen LogP contribution in [0.4, 0.5) is 0 Å². The van der Waals surface area contributed by atoms with E-state index in [2.05, 4.69) is 16.8 Å². The molecule has 0 aromatic carbocycles. The molecule has 0 spiro atoms. The summed E-state index contributed by atoms with van der Waals surface area (Å²) in [6.45, 7) is 8.70. The molecule has 0 saturated carbocycles. The van der Waals surface area contributed by atoms with Crippen molar-refractivity contribution in [3.63, 3.8) is 0 Å². The first-order valence-corrected chi connectivity index (χ1v) is 7.67. The number of aryl methyl sites for hydroxylation is 2. The minimum atomic E-state index is -0.629. The van der Waals surface area contributed by atoms with Crippen LogP contribution in [-0.2, 0) is 11.3 Å². The van der Waals surface area contributed by atoms with E-state index < -0.39 is 11.4 Å². The number of likely N-dealkylation sites (tertiary alicyclic amines) is 1. The van der Waals surface area contributed by atoms with Crippen molar-refractivity contribution in [2.24, 2.45) is 5.41 Å². The van der Waals surface area contributed by atoms with Crippen LogP contribution < -0.4 is 0 Å². The molecule has 0 amide bonds. The second-order valence-corrected chi connectivity index (χ2v) is 6.75. The molecule has 0 unspecified atom stereocenters. The first-order valence-electron chi connectivity index (χ1n) is 6.85. The summed E-state index contributed by atoms with van der Waals surface area (Å²) in [5.74, 6) is -0.629. The van der Waals surface area contributed by atoms with Gasteiger partial charge in [0.2, 0.25) is 0 Å². The molecule has 0 radical (unpaired) electrons. The quantitative estimate of drug-likeness (QED) is 0.922. The van der Waals surface area contributed by atoms with E-state index in [0.717, 1.165) is 49.6 Å². The van der Waals surface area contributed by atoms with Crippen molar-refractivity contribution < 1.29 is 9.90 Å². The van der Waals surface area contributed by atoms with Crippen LogP contribution in [0.2, 0.25) is 0 Å². The zero-order valence-electron chi connectivity index (χ0n) is 11.9. The van der Waals surface area contributed by atoms with E-state index in [4.69, 9.17) is 0 Å². The molecule has 1 saturated heterocycles. The minimum Gasteiger partial charge on any atom is -0.481 e. The Bertz CT molecular complexity index is 443. The van der Waals surface area contributed by atoms with E-state index in [1.165, 1.54) is 4.88 Å². The normalized spacial score (nSPS) is 19.5. The van der Waals surface area contributed by atoms with Gasteiger partial charge in [-0.3, -0.25) is 9.69 Å². The minimum absolute atomic E-state index is 0.495. The SMILES string of the molecule is CCC1(C(=O)O)CCN(Cc2nc(C)c(C)s2)CC1. The van der Waals surface area contributed by atoms with Gasteiger partial charge in [0.15, 0.2) is 0 Å². The number of piperidine rings is 1. The maximum absolute atomic E-state index is 11.4. The maximum atomic E-state index is 11.4. The average molecular weight is 282 g/mol. The monoisotopic (exact) mass is 282 g/mol. The van der Waals surface area contributed by atoms with Crippen molar-refractivity contribution in [1.29, 1.82) is 0 Å². The third kappa shape index (κ3) is 2.98. The van der Waals surface area contributed by atoms with Crippen molar-refractivity contribution >= 4 is 17.3 Å². The van der Waals surface area contributed by atoms with Crippen molar-refractivity contribution in [3.05, 3.63) is 15.6 Å². The summed E-state index contributed by atoms with van der Waals surface area (Å²) in [5.41, 5.74) is 0.621. The number of carbonyl (C=O) groups is 1. The van der Waals surface area contributed by atoms with Gasteiger partial charge in [0.25, 0.3) is 0 Å². The molecule has 5 heteroatoms. The fourth-order valence-electron chi connectivity index (χ4n) is 2.66. The molecule has 2 rings (SSSR count). The molecule has 0 aliphatic carbocycles. The molecule has 1 aromatic heterocycles. The summed E-state index contributed by atoms with van der Waals surface area (Å²) >= 11 is 1.75. The maximum Gasteiger partial charge on any atom is 0.309 e. The van der Waals surface area contributed by atoms with Gasteiger partial charge in [-0.2, -0.15) is 0 Å². The van der Waals surface area contributed by atoms with E-state index in [-0.39, 0.29) is 0 Å². The molecule has 1 fully saturated rings. The van der Waals surface area contributed by atoms with E-state index in [1.807, 2.05) is 13.8 Å². The summed E-state index contributed by atoms with van der Waals surface area (Å²) in [7, 11) is 0. The highest BCUT2D eigenvalue weighted by atomic mass is 32.1. The Balaban J connectivity index is 1.95. The zero-order valence-corrected chi connectivity index (χ0v) is 12.7. The molecule has 106 valence electrons. The van der Waals surface area contributed by atoms with Gasteiger partial charge in [-0.25, -0.2) is 4.98 Å². The lowest BCUT2D eigenvalue weighted by Gasteiger charge is -2.37. The molecule has 2 heterocycles. The molecule has 1 aliphatic heterocycles. The molecule has 0 bridgehead atoms. The van der Waals surface area contributed by atoms with E-state index >= 15 is 0 Å². The molecule has 1 N–H and O–H groups in total. The summed E-state index contributed by atoms with van der Waals surface area (Å²) in [4.78, 5) is 19.6. The number of hydrogen-bond acceptors (Lipinski definition) is 4. The van der Waals surface area contributed by atoms with Gasteiger partial charge >= 0.3 is 5.97 Å². The zero-order chi connectivity index (χ0) is 14.0. The molecule has 1 aromatic rings. The summed E-state index contributed by atoms with van der Waals surface area (Å²) in [6, 6.07) is 0. The predicted octanol–water partition coefficient (Wildman–Crippen LogP) is 2.84. The Labute approximate surface area is 118 Å². The first-order chi connectivity index (χ1) is 8.97. The second kappa shape index (κ2) is 5.59. The van der Waals surface area contributed by atoms with E-state index in [9.17, 15) is 9.90 Å². The van der Waals surface area contributed by atoms with Crippen LogP contribution >= 0.6 is 11.3 Å². The third-order valence-electron chi connectivity index (χ3n) is 4.38. The van der Waals surface area contributed by atoms with Crippen LogP contribution in [0.5, 0.6) is 0 Å². The van der Waals surface area contributed by atoms with Gasteiger partial charge < -0.3 is 5.11 Å². The summed E-state index contributed by atoms with van der Waals surface area (Å²) < 4.78 is 0. The molecule has 1 aliphatic rings. The van der Waals surface area contributed by atoms with Crippen LogP contribution in [0.25, 0.3) is 0 Å². The number of nitrogens with zero attached hydrogens (tertiary/aromatic N) is 2. The molecular formula is C14H22N2O2S. The average Bonchev–Trinajstić information content (AvgIpc) is 2.69. The van der Waals surface area contributed by atoms with E-state index in [1.54, 1.807) is 11.3 Å². The first kappa shape index (κ1) is 14.5. The van der Waals surface area contributed by atoms with E-state index in [0.29, 0.717) is 0 Å². The number of carboxylic acid groups (broad SMARTS) is 1. The van der Waals surface area contributed by atoms with Crippen molar-refractivity contribution in [3.8, 4) is 0 Å². The number of aliphatic carboxylic acids is 1. The lowest BCUT2D eigenvalue weighted by Crippen LogP contribution is -2.43. The van der Waals surface area contributed by atoms with Gasteiger partial charge in [-0.1, -0.05) is 6.92 Å². The Kier molecular flexibility index (Phi) is 4.26. The highest BCUT2D eigenvalue weighted by Gasteiger charge is 2.39. The van der Waals surface area contributed by atoms with Gasteiger partial charge in [0.1, 0.15) is 5.01 Å². The van der Waals surface area contributed by atoms with Crippen LogP contribution in [-0.4, -0.2) is 34.0 Å². The number of carboxylic acids is 1. The van der Waals surface area contributed by atoms with Crippen LogP contribution in [0.1, 0.15) is 41.8 Å².